The van der Waals surface area contributed by atoms with Crippen molar-refractivity contribution < 1.29 is 13.6 Å². The third-order valence-corrected chi connectivity index (χ3v) is 6.49. The maximum Gasteiger partial charge on any atom is 0.302 e. The summed E-state index contributed by atoms with van der Waals surface area (Å²) in [7, 11) is 0. The van der Waals surface area contributed by atoms with Crippen LogP contribution in [0, 0.1) is 12.7 Å². The Balaban J connectivity index is 1.55. The van der Waals surface area contributed by atoms with Crippen molar-refractivity contribution in [2.75, 3.05) is 11.1 Å². The molecule has 5 rings (SSSR count). The minimum atomic E-state index is -0.568. The van der Waals surface area contributed by atoms with E-state index in [-0.39, 0.29) is 27.8 Å². The molecule has 0 bridgehead atoms. The molecule has 5 aromatic rings. The fourth-order valence-electron chi connectivity index (χ4n) is 3.65. The Labute approximate surface area is 202 Å². The average Bonchev–Trinajstić information content (AvgIpc) is 3.20. The minimum absolute atomic E-state index is 0.0331. The van der Waals surface area contributed by atoms with Crippen molar-refractivity contribution in [3.8, 4) is 5.69 Å². The normalized spacial score (nSPS) is 11.3. The number of nitrogens with zero attached hydrogens (tertiary/aromatic N) is 2. The molecule has 2 heterocycles. The van der Waals surface area contributed by atoms with Crippen LogP contribution in [0.15, 0.2) is 81.1 Å². The Morgan fingerprint density at radius 1 is 1.15 bits per heavy atom. The zero-order valence-corrected chi connectivity index (χ0v) is 19.4. The highest BCUT2D eigenvalue weighted by Gasteiger charge is 2.20. The Morgan fingerprint density at radius 3 is 2.71 bits per heavy atom. The number of rotatable bonds is 5. The molecule has 0 saturated carbocycles. The van der Waals surface area contributed by atoms with Crippen LogP contribution in [0.2, 0.25) is 5.02 Å². The summed E-state index contributed by atoms with van der Waals surface area (Å²) < 4.78 is 20.7. The van der Waals surface area contributed by atoms with E-state index in [2.05, 4.69) is 5.32 Å². The highest BCUT2D eigenvalue weighted by Crippen LogP contribution is 2.29. The highest BCUT2D eigenvalue weighted by atomic mass is 35.5. The molecule has 0 aliphatic heterocycles. The summed E-state index contributed by atoms with van der Waals surface area (Å²) in [5.74, 6) is -0.953. The molecule has 170 valence electrons. The van der Waals surface area contributed by atoms with Crippen molar-refractivity contribution in [1.82, 2.24) is 9.55 Å². The molecule has 3 aromatic carbocycles. The number of aromatic nitrogens is 2. The van der Waals surface area contributed by atoms with Crippen molar-refractivity contribution in [3.63, 3.8) is 0 Å². The molecule has 6 nitrogen and oxygen atoms in total. The Hall–Kier alpha value is -3.62. The number of hydrogen-bond donors (Lipinski definition) is 1. The topological polar surface area (TPSA) is 77.1 Å². The summed E-state index contributed by atoms with van der Waals surface area (Å²) in [6.45, 7) is 1.89. The van der Waals surface area contributed by atoms with E-state index in [1.807, 2.05) is 49.4 Å². The number of benzene rings is 3. The number of amides is 1. The van der Waals surface area contributed by atoms with Gasteiger partial charge >= 0.3 is 5.56 Å². The first-order valence-corrected chi connectivity index (χ1v) is 11.7. The highest BCUT2D eigenvalue weighted by molar-refractivity contribution is 7.99. The lowest BCUT2D eigenvalue weighted by Crippen LogP contribution is -2.23. The number of hydrogen-bond acceptors (Lipinski definition) is 5. The lowest BCUT2D eigenvalue weighted by molar-refractivity contribution is -0.113. The summed E-state index contributed by atoms with van der Waals surface area (Å²) in [6, 6.07) is 18.7. The van der Waals surface area contributed by atoms with Gasteiger partial charge in [-0.3, -0.25) is 14.2 Å². The second-order valence-electron chi connectivity index (χ2n) is 7.56. The number of fused-ring (bicyclic) bond motifs is 3. The smallest absolute Gasteiger partial charge is 0.302 e. The van der Waals surface area contributed by atoms with E-state index in [9.17, 15) is 14.0 Å². The fourth-order valence-corrected chi connectivity index (χ4v) is 4.63. The van der Waals surface area contributed by atoms with Gasteiger partial charge in [0.15, 0.2) is 5.16 Å². The predicted octanol–water partition coefficient (Wildman–Crippen LogP) is 5.96. The van der Waals surface area contributed by atoms with Gasteiger partial charge in [-0.1, -0.05) is 53.7 Å². The number of furan rings is 1. The number of anilines is 1. The Bertz CT molecular complexity index is 1630. The number of para-hydroxylation sites is 2. The second-order valence-corrected chi connectivity index (χ2v) is 8.91. The maximum atomic E-state index is 13.5. The standard InChI is InChI=1S/C25H17ClFN3O3S/c1-14-6-2-4-8-19(14)30-24(32)23-22(16-7-3-5-9-20(16)33-23)29-25(30)34-13-21(31)28-15-10-11-18(27)17(26)12-15/h2-12H,13H2,1H3,(H,28,31). The van der Waals surface area contributed by atoms with Crippen LogP contribution >= 0.6 is 23.4 Å². The first-order chi connectivity index (χ1) is 16.4. The van der Waals surface area contributed by atoms with Gasteiger partial charge in [0.25, 0.3) is 0 Å². The van der Waals surface area contributed by atoms with E-state index in [0.29, 0.717) is 27.6 Å². The van der Waals surface area contributed by atoms with Crippen LogP contribution in [0.4, 0.5) is 10.1 Å². The van der Waals surface area contributed by atoms with Gasteiger partial charge in [0.05, 0.1) is 16.5 Å². The van der Waals surface area contributed by atoms with Gasteiger partial charge in [0.2, 0.25) is 11.5 Å². The Kier molecular flexibility index (Phi) is 5.85. The first-order valence-electron chi connectivity index (χ1n) is 10.3. The molecular formula is C25H17ClFN3O3S. The molecule has 1 amide bonds. The number of carbonyl (C=O) groups excluding carboxylic acids is 1. The summed E-state index contributed by atoms with van der Waals surface area (Å²) in [5.41, 5.74) is 2.69. The van der Waals surface area contributed by atoms with E-state index < -0.39 is 5.82 Å². The first kappa shape index (κ1) is 22.2. The van der Waals surface area contributed by atoms with E-state index in [4.69, 9.17) is 21.0 Å². The third-order valence-electron chi connectivity index (χ3n) is 5.26. The number of aryl methyl sites for hydroxylation is 1. The maximum absolute atomic E-state index is 13.5. The van der Waals surface area contributed by atoms with Crippen LogP contribution in [-0.4, -0.2) is 21.2 Å². The van der Waals surface area contributed by atoms with Gasteiger partial charge < -0.3 is 9.73 Å². The molecule has 2 aromatic heterocycles. The van der Waals surface area contributed by atoms with E-state index in [1.54, 1.807) is 6.07 Å². The molecule has 0 aliphatic rings. The molecule has 0 fully saturated rings. The van der Waals surface area contributed by atoms with Crippen LogP contribution in [0.1, 0.15) is 5.56 Å². The monoisotopic (exact) mass is 493 g/mol. The molecule has 1 N–H and O–H groups in total. The molecule has 0 aliphatic carbocycles. The molecular weight excluding hydrogens is 477 g/mol. The van der Waals surface area contributed by atoms with Gasteiger partial charge in [0, 0.05) is 11.1 Å². The number of thioether (sulfide) groups is 1. The lowest BCUT2D eigenvalue weighted by Gasteiger charge is -2.14. The minimum Gasteiger partial charge on any atom is -0.448 e. The van der Waals surface area contributed by atoms with Gasteiger partial charge in [0.1, 0.15) is 16.9 Å². The molecule has 34 heavy (non-hydrogen) atoms. The van der Waals surface area contributed by atoms with E-state index in [0.717, 1.165) is 22.7 Å². The zero-order valence-electron chi connectivity index (χ0n) is 17.8. The van der Waals surface area contributed by atoms with Crippen LogP contribution in [0.3, 0.4) is 0 Å². The van der Waals surface area contributed by atoms with Crippen molar-refractivity contribution in [2.24, 2.45) is 0 Å². The van der Waals surface area contributed by atoms with Crippen molar-refractivity contribution >= 4 is 57.0 Å². The van der Waals surface area contributed by atoms with Crippen LogP contribution in [0.25, 0.3) is 27.8 Å². The van der Waals surface area contributed by atoms with Crippen LogP contribution in [-0.2, 0) is 4.79 Å². The van der Waals surface area contributed by atoms with Crippen LogP contribution in [0.5, 0.6) is 0 Å². The van der Waals surface area contributed by atoms with Crippen molar-refractivity contribution in [3.05, 3.63) is 93.5 Å². The number of halogens is 2. The molecule has 0 spiro atoms. The zero-order chi connectivity index (χ0) is 23.8. The molecule has 9 heteroatoms. The largest absolute Gasteiger partial charge is 0.448 e. The third kappa shape index (κ3) is 4.06. The summed E-state index contributed by atoms with van der Waals surface area (Å²) in [6.07, 6.45) is 0. The van der Waals surface area contributed by atoms with Gasteiger partial charge in [-0.25, -0.2) is 9.37 Å². The van der Waals surface area contributed by atoms with Crippen molar-refractivity contribution in [2.45, 2.75) is 12.1 Å². The quantitative estimate of drug-likeness (QED) is 0.241. The van der Waals surface area contributed by atoms with Crippen LogP contribution < -0.4 is 10.9 Å². The SMILES string of the molecule is Cc1ccccc1-n1c(SCC(=O)Nc2ccc(F)c(Cl)c2)nc2c(oc3ccccc32)c1=O. The fraction of sp³-hybridized carbons (Fsp3) is 0.0800. The van der Waals surface area contributed by atoms with Crippen molar-refractivity contribution in [1.29, 1.82) is 0 Å². The van der Waals surface area contributed by atoms with Gasteiger partial charge in [-0.15, -0.1) is 0 Å². The summed E-state index contributed by atoms with van der Waals surface area (Å²) >= 11 is 6.91. The Morgan fingerprint density at radius 2 is 1.91 bits per heavy atom. The van der Waals surface area contributed by atoms with E-state index >= 15 is 0 Å². The molecule has 0 unspecified atom stereocenters. The summed E-state index contributed by atoms with van der Waals surface area (Å²) in [5, 5.41) is 3.67. The summed E-state index contributed by atoms with van der Waals surface area (Å²) in [4.78, 5) is 30.9. The average molecular weight is 494 g/mol. The number of nitrogens with one attached hydrogen (secondary N) is 1. The molecule has 0 radical (unpaired) electrons. The molecule has 0 atom stereocenters. The predicted molar refractivity (Wildman–Crippen MR) is 133 cm³/mol. The van der Waals surface area contributed by atoms with Gasteiger partial charge in [-0.05, 0) is 48.9 Å². The second kappa shape index (κ2) is 8.96. The molecule has 0 saturated heterocycles. The van der Waals surface area contributed by atoms with E-state index in [1.165, 1.54) is 22.8 Å². The lowest BCUT2D eigenvalue weighted by atomic mass is 10.2. The number of carbonyl (C=O) groups is 1. The van der Waals surface area contributed by atoms with Gasteiger partial charge in [-0.2, -0.15) is 0 Å².